The zero-order valence-electron chi connectivity index (χ0n) is 16.3. The molecule has 1 aromatic heterocycles. The number of nitrogens with two attached hydrogens (primary N) is 1. The normalized spacial score (nSPS) is 11.8. The van der Waals surface area contributed by atoms with Crippen molar-refractivity contribution < 1.29 is 5.11 Å². The molecule has 1 heterocycles. The van der Waals surface area contributed by atoms with Gasteiger partial charge in [0.15, 0.2) is 0 Å². The molecule has 0 spiro atoms. The molecule has 5 nitrogen and oxygen atoms in total. The molecule has 140 valence electrons. The van der Waals surface area contributed by atoms with E-state index in [0.29, 0.717) is 17.0 Å². The van der Waals surface area contributed by atoms with Gasteiger partial charge in [-0.25, -0.2) is 4.98 Å². The number of phenols is 1. The fourth-order valence-electron chi connectivity index (χ4n) is 3.41. The van der Waals surface area contributed by atoms with Gasteiger partial charge in [-0.3, -0.25) is 0 Å². The first-order valence-electron chi connectivity index (χ1n) is 9.23. The van der Waals surface area contributed by atoms with Gasteiger partial charge in [-0.15, -0.1) is 0 Å². The predicted octanol–water partition coefficient (Wildman–Crippen LogP) is 4.11. The van der Waals surface area contributed by atoms with Gasteiger partial charge in [-0.1, -0.05) is 11.6 Å². The lowest BCUT2D eigenvalue weighted by Crippen LogP contribution is -2.21. The molecular weight excluding hydrogens is 336 g/mol. The van der Waals surface area contributed by atoms with E-state index < -0.39 is 0 Å². The van der Waals surface area contributed by atoms with Crippen molar-refractivity contribution in [1.29, 1.82) is 0 Å². The van der Waals surface area contributed by atoms with Crippen LogP contribution in [0.2, 0.25) is 0 Å². The number of aromatic hydroxyl groups is 1. The second kappa shape index (κ2) is 7.66. The summed E-state index contributed by atoms with van der Waals surface area (Å²) in [5.41, 5.74) is 5.84. The van der Waals surface area contributed by atoms with Crippen LogP contribution in [0.25, 0.3) is 10.9 Å². The van der Waals surface area contributed by atoms with Crippen LogP contribution in [-0.4, -0.2) is 28.9 Å². The Bertz CT molecular complexity index is 1010. The highest BCUT2D eigenvalue weighted by molar-refractivity contribution is 6.14. The number of fused-ring (bicyclic) bond motifs is 1. The Morgan fingerprint density at radius 3 is 2.44 bits per heavy atom. The van der Waals surface area contributed by atoms with Crippen LogP contribution in [0.3, 0.4) is 0 Å². The molecule has 27 heavy (non-hydrogen) atoms. The van der Waals surface area contributed by atoms with Crippen LogP contribution in [0.15, 0.2) is 47.6 Å². The summed E-state index contributed by atoms with van der Waals surface area (Å²) >= 11 is 0. The van der Waals surface area contributed by atoms with E-state index in [1.54, 1.807) is 6.07 Å². The summed E-state index contributed by atoms with van der Waals surface area (Å²) in [4.78, 5) is 6.89. The molecule has 0 bridgehead atoms. The third-order valence-corrected chi connectivity index (χ3v) is 4.91. The third kappa shape index (κ3) is 3.58. The largest absolute Gasteiger partial charge is 0.507 e. The van der Waals surface area contributed by atoms with Gasteiger partial charge in [0.25, 0.3) is 0 Å². The van der Waals surface area contributed by atoms with E-state index in [2.05, 4.69) is 36.8 Å². The SMILES string of the molecule is CCN(CC)c1ccc(/C(=N\N)c2cc(C)c3cc(C)ccc3n2)c(O)c1. The van der Waals surface area contributed by atoms with Crippen molar-refractivity contribution in [2.45, 2.75) is 27.7 Å². The Morgan fingerprint density at radius 1 is 1.07 bits per heavy atom. The number of anilines is 1. The van der Waals surface area contributed by atoms with Crippen molar-refractivity contribution >= 4 is 22.3 Å². The summed E-state index contributed by atoms with van der Waals surface area (Å²) in [7, 11) is 0. The Morgan fingerprint density at radius 2 is 1.81 bits per heavy atom. The van der Waals surface area contributed by atoms with Crippen molar-refractivity contribution in [2.24, 2.45) is 10.9 Å². The van der Waals surface area contributed by atoms with Crippen LogP contribution in [0.4, 0.5) is 5.69 Å². The zero-order valence-corrected chi connectivity index (χ0v) is 16.3. The zero-order chi connectivity index (χ0) is 19.6. The molecule has 0 aliphatic heterocycles. The van der Waals surface area contributed by atoms with E-state index in [1.165, 1.54) is 5.56 Å². The van der Waals surface area contributed by atoms with E-state index in [0.717, 1.165) is 35.2 Å². The molecule has 3 rings (SSSR count). The van der Waals surface area contributed by atoms with Crippen molar-refractivity contribution in [3.63, 3.8) is 0 Å². The molecule has 5 heteroatoms. The lowest BCUT2D eigenvalue weighted by Gasteiger charge is -2.21. The number of aryl methyl sites for hydroxylation is 2. The van der Waals surface area contributed by atoms with Gasteiger partial charge in [0, 0.05) is 35.8 Å². The topological polar surface area (TPSA) is 74.7 Å². The molecule has 0 unspecified atom stereocenters. The van der Waals surface area contributed by atoms with Crippen LogP contribution in [0.5, 0.6) is 5.75 Å². The van der Waals surface area contributed by atoms with Gasteiger partial charge in [-0.2, -0.15) is 5.10 Å². The number of hydrazone groups is 1. The molecule has 3 N–H and O–H groups in total. The highest BCUT2D eigenvalue weighted by atomic mass is 16.3. The second-order valence-electron chi connectivity index (χ2n) is 6.70. The molecule has 0 aliphatic rings. The number of rotatable bonds is 5. The van der Waals surface area contributed by atoms with E-state index in [1.807, 2.05) is 37.3 Å². The number of benzene rings is 2. The Balaban J connectivity index is 2.08. The minimum absolute atomic E-state index is 0.145. The Kier molecular flexibility index (Phi) is 5.31. The maximum absolute atomic E-state index is 10.6. The number of pyridine rings is 1. The van der Waals surface area contributed by atoms with Crippen LogP contribution in [0, 0.1) is 13.8 Å². The molecule has 2 aromatic carbocycles. The minimum atomic E-state index is 0.145. The van der Waals surface area contributed by atoms with E-state index >= 15 is 0 Å². The molecule has 3 aromatic rings. The number of phenolic OH excluding ortho intramolecular Hbond substituents is 1. The predicted molar refractivity (Wildman–Crippen MR) is 113 cm³/mol. The lowest BCUT2D eigenvalue weighted by atomic mass is 10.0. The fourth-order valence-corrected chi connectivity index (χ4v) is 3.41. The van der Waals surface area contributed by atoms with Crippen LogP contribution < -0.4 is 10.7 Å². The Hall–Kier alpha value is -3.08. The van der Waals surface area contributed by atoms with Gasteiger partial charge in [0.2, 0.25) is 0 Å². The summed E-state index contributed by atoms with van der Waals surface area (Å²) in [5, 5.41) is 15.7. The van der Waals surface area contributed by atoms with Crippen molar-refractivity contribution in [3.8, 4) is 5.75 Å². The minimum Gasteiger partial charge on any atom is -0.507 e. The van der Waals surface area contributed by atoms with Gasteiger partial charge < -0.3 is 15.8 Å². The quantitative estimate of drug-likeness (QED) is 0.407. The number of hydrogen-bond acceptors (Lipinski definition) is 5. The lowest BCUT2D eigenvalue weighted by molar-refractivity contribution is 0.474. The summed E-state index contributed by atoms with van der Waals surface area (Å²) in [6, 6.07) is 13.7. The van der Waals surface area contributed by atoms with Crippen molar-refractivity contribution in [2.75, 3.05) is 18.0 Å². The first-order valence-corrected chi connectivity index (χ1v) is 9.23. The first kappa shape index (κ1) is 18.7. The van der Waals surface area contributed by atoms with E-state index in [-0.39, 0.29) is 5.75 Å². The summed E-state index contributed by atoms with van der Waals surface area (Å²) in [6.07, 6.45) is 0. The third-order valence-electron chi connectivity index (χ3n) is 4.91. The van der Waals surface area contributed by atoms with Crippen molar-refractivity contribution in [1.82, 2.24) is 4.98 Å². The average molecular weight is 362 g/mol. The maximum Gasteiger partial charge on any atom is 0.127 e. The van der Waals surface area contributed by atoms with Gasteiger partial charge in [0.1, 0.15) is 11.5 Å². The summed E-state index contributed by atoms with van der Waals surface area (Å²) < 4.78 is 0. The summed E-state index contributed by atoms with van der Waals surface area (Å²) in [6.45, 7) is 10.0. The van der Waals surface area contributed by atoms with Gasteiger partial charge in [-0.05, 0) is 63.6 Å². The van der Waals surface area contributed by atoms with Crippen LogP contribution >= 0.6 is 0 Å². The van der Waals surface area contributed by atoms with Crippen LogP contribution in [-0.2, 0) is 0 Å². The molecular formula is C22H26N4O. The fraction of sp³-hybridized carbons (Fsp3) is 0.273. The molecule has 0 atom stereocenters. The molecule has 0 fully saturated rings. The van der Waals surface area contributed by atoms with Crippen molar-refractivity contribution in [3.05, 3.63) is 64.8 Å². The first-order chi connectivity index (χ1) is 13.0. The monoisotopic (exact) mass is 362 g/mol. The Labute approximate surface area is 160 Å². The second-order valence-corrected chi connectivity index (χ2v) is 6.70. The highest BCUT2D eigenvalue weighted by Crippen LogP contribution is 2.28. The van der Waals surface area contributed by atoms with E-state index in [9.17, 15) is 5.11 Å². The number of hydrogen-bond donors (Lipinski definition) is 2. The molecule has 0 radical (unpaired) electrons. The van der Waals surface area contributed by atoms with Crippen LogP contribution in [0.1, 0.15) is 36.2 Å². The highest BCUT2D eigenvalue weighted by Gasteiger charge is 2.16. The molecule has 0 saturated heterocycles. The van der Waals surface area contributed by atoms with E-state index in [4.69, 9.17) is 10.8 Å². The molecule has 0 aliphatic carbocycles. The van der Waals surface area contributed by atoms with Gasteiger partial charge in [0.05, 0.1) is 11.2 Å². The average Bonchev–Trinajstić information content (AvgIpc) is 2.65. The molecule has 0 saturated carbocycles. The smallest absolute Gasteiger partial charge is 0.127 e. The summed E-state index contributed by atoms with van der Waals surface area (Å²) in [5.74, 6) is 5.85. The maximum atomic E-state index is 10.6. The molecule has 0 amide bonds. The standard InChI is InChI=1S/C22H26N4O/c1-5-26(6-2)16-8-9-17(21(27)13-16)22(25-23)20-12-15(4)18-11-14(3)7-10-19(18)24-20/h7-13,27H,5-6,23H2,1-4H3/b25-22+. The number of aromatic nitrogens is 1. The van der Waals surface area contributed by atoms with Gasteiger partial charge >= 0.3 is 0 Å². The number of nitrogens with zero attached hydrogens (tertiary/aromatic N) is 3.